The number of aromatic nitrogens is 2. The average molecular weight is 457 g/mol. The number of piperidine rings is 1. The SMILES string of the molecule is CC(C)c1noc(N2CCC([C@@]3(N)C[C@H]3CCOc3ccc(C(=O)C4CC4)c(F)c3)CC2)n1. The summed E-state index contributed by atoms with van der Waals surface area (Å²) in [7, 11) is 0. The number of carbonyl (C=O) groups excluding carboxylic acids is 1. The molecule has 1 aliphatic heterocycles. The number of ether oxygens (including phenoxy) is 1. The van der Waals surface area contributed by atoms with Crippen molar-refractivity contribution < 1.29 is 18.4 Å². The number of nitrogens with two attached hydrogens (primary N) is 1. The number of rotatable bonds is 9. The molecule has 0 unspecified atom stereocenters. The minimum absolute atomic E-state index is 0.00945. The van der Waals surface area contributed by atoms with Gasteiger partial charge in [0.15, 0.2) is 11.6 Å². The molecule has 0 amide bonds. The van der Waals surface area contributed by atoms with Gasteiger partial charge in [-0.25, -0.2) is 4.39 Å². The molecule has 1 aromatic carbocycles. The normalized spacial score (nSPS) is 25.5. The number of nitrogens with zero attached hydrogens (tertiary/aromatic N) is 3. The van der Waals surface area contributed by atoms with Crippen molar-refractivity contribution in [3.8, 4) is 5.75 Å². The smallest absolute Gasteiger partial charge is 0.324 e. The van der Waals surface area contributed by atoms with E-state index in [4.69, 9.17) is 15.0 Å². The standard InChI is InChI=1S/C25H33FN4O3/c1-15(2)23-28-24(33-29-23)30-10-7-17(8-11-30)25(27)14-18(25)9-12-32-19-5-6-20(21(26)13-19)22(31)16-3-4-16/h5-6,13,15-18H,3-4,7-12,14,27H2,1-2H3/t18-,25+/m1/s1. The van der Waals surface area contributed by atoms with E-state index in [1.807, 2.05) is 0 Å². The Labute approximate surface area is 193 Å². The summed E-state index contributed by atoms with van der Waals surface area (Å²) < 4.78 is 25.5. The van der Waals surface area contributed by atoms with Crippen LogP contribution in [0.3, 0.4) is 0 Å². The van der Waals surface area contributed by atoms with E-state index in [1.165, 1.54) is 6.07 Å². The molecule has 0 radical (unpaired) electrons. The van der Waals surface area contributed by atoms with Gasteiger partial charge in [-0.2, -0.15) is 4.98 Å². The first kappa shape index (κ1) is 22.3. The zero-order valence-electron chi connectivity index (χ0n) is 19.4. The first-order chi connectivity index (χ1) is 15.8. The van der Waals surface area contributed by atoms with Crippen LogP contribution in [0.25, 0.3) is 0 Å². The zero-order chi connectivity index (χ0) is 23.2. The highest BCUT2D eigenvalue weighted by molar-refractivity contribution is 5.99. The van der Waals surface area contributed by atoms with Crippen LogP contribution in [0, 0.1) is 23.6 Å². The van der Waals surface area contributed by atoms with Crippen LogP contribution in [0.4, 0.5) is 10.4 Å². The van der Waals surface area contributed by atoms with Crippen molar-refractivity contribution in [2.45, 2.75) is 63.8 Å². The molecule has 7 nitrogen and oxygen atoms in total. The van der Waals surface area contributed by atoms with Crippen LogP contribution in [0.15, 0.2) is 22.7 Å². The van der Waals surface area contributed by atoms with Gasteiger partial charge < -0.3 is 19.9 Å². The van der Waals surface area contributed by atoms with Gasteiger partial charge in [0.1, 0.15) is 11.6 Å². The summed E-state index contributed by atoms with van der Waals surface area (Å²) in [5, 5.41) is 4.06. The molecule has 0 spiro atoms. The van der Waals surface area contributed by atoms with Gasteiger partial charge in [0.05, 0.1) is 12.2 Å². The van der Waals surface area contributed by atoms with Gasteiger partial charge in [-0.15, -0.1) is 0 Å². The third-order valence-electron chi connectivity index (χ3n) is 7.56. The highest BCUT2D eigenvalue weighted by Gasteiger charge is 2.55. The van der Waals surface area contributed by atoms with E-state index in [0.29, 0.717) is 30.2 Å². The maximum Gasteiger partial charge on any atom is 0.324 e. The van der Waals surface area contributed by atoms with E-state index in [-0.39, 0.29) is 28.7 Å². The van der Waals surface area contributed by atoms with Crippen molar-refractivity contribution in [3.05, 3.63) is 35.4 Å². The highest BCUT2D eigenvalue weighted by atomic mass is 19.1. The van der Waals surface area contributed by atoms with Crippen LogP contribution in [0.1, 0.15) is 74.5 Å². The number of carbonyl (C=O) groups is 1. The summed E-state index contributed by atoms with van der Waals surface area (Å²) in [4.78, 5) is 18.8. The van der Waals surface area contributed by atoms with Crippen molar-refractivity contribution in [2.75, 3.05) is 24.6 Å². The van der Waals surface area contributed by atoms with Crippen molar-refractivity contribution in [3.63, 3.8) is 0 Å². The van der Waals surface area contributed by atoms with Gasteiger partial charge in [0, 0.05) is 36.5 Å². The molecular formula is C25H33FN4O3. The molecule has 3 aliphatic rings. The molecule has 3 fully saturated rings. The molecule has 2 atom stereocenters. The molecule has 0 bridgehead atoms. The van der Waals surface area contributed by atoms with Crippen LogP contribution in [-0.2, 0) is 0 Å². The second-order valence-corrected chi connectivity index (χ2v) is 10.3. The predicted octanol–water partition coefficient (Wildman–Crippen LogP) is 4.33. The van der Waals surface area contributed by atoms with Gasteiger partial charge in [-0.05, 0) is 62.5 Å². The van der Waals surface area contributed by atoms with Gasteiger partial charge in [-0.1, -0.05) is 19.0 Å². The van der Waals surface area contributed by atoms with Gasteiger partial charge in [0.2, 0.25) is 0 Å². The molecule has 33 heavy (non-hydrogen) atoms. The highest BCUT2D eigenvalue weighted by Crippen LogP contribution is 2.52. The Balaban J connectivity index is 1.07. The Bertz CT molecular complexity index is 1010. The summed E-state index contributed by atoms with van der Waals surface area (Å²) >= 11 is 0. The number of halogens is 1. The van der Waals surface area contributed by atoms with Gasteiger partial charge in [0.25, 0.3) is 0 Å². The molecule has 2 heterocycles. The minimum atomic E-state index is -0.488. The predicted molar refractivity (Wildman–Crippen MR) is 122 cm³/mol. The lowest BCUT2D eigenvalue weighted by Gasteiger charge is -2.34. The summed E-state index contributed by atoms with van der Waals surface area (Å²) in [6.45, 7) is 6.35. The Kier molecular flexibility index (Phi) is 5.89. The molecule has 178 valence electrons. The van der Waals surface area contributed by atoms with Crippen LogP contribution in [0.5, 0.6) is 5.75 Å². The molecule has 2 aromatic rings. The third kappa shape index (κ3) is 4.63. The largest absolute Gasteiger partial charge is 0.493 e. The number of benzene rings is 1. The summed E-state index contributed by atoms with van der Waals surface area (Å²) in [5.41, 5.74) is 6.80. The molecule has 1 saturated heterocycles. The van der Waals surface area contributed by atoms with E-state index in [0.717, 1.165) is 57.4 Å². The maximum absolute atomic E-state index is 14.3. The number of Topliss-reactive ketones (excluding diaryl/α,β-unsaturated/α-hetero) is 1. The van der Waals surface area contributed by atoms with E-state index >= 15 is 0 Å². The Hall–Kier alpha value is -2.48. The first-order valence-electron chi connectivity index (χ1n) is 12.2. The second-order valence-electron chi connectivity index (χ2n) is 10.3. The fourth-order valence-corrected chi connectivity index (χ4v) is 5.11. The maximum atomic E-state index is 14.3. The van der Waals surface area contributed by atoms with E-state index < -0.39 is 5.82 Å². The van der Waals surface area contributed by atoms with Crippen molar-refractivity contribution in [1.82, 2.24) is 10.1 Å². The number of anilines is 1. The van der Waals surface area contributed by atoms with Crippen LogP contribution in [-0.4, -0.2) is 41.2 Å². The number of hydrogen-bond donors (Lipinski definition) is 1. The average Bonchev–Trinajstić information content (AvgIpc) is 3.70. The molecule has 2 N–H and O–H groups in total. The zero-order valence-corrected chi connectivity index (χ0v) is 19.4. The fourth-order valence-electron chi connectivity index (χ4n) is 5.11. The third-order valence-corrected chi connectivity index (χ3v) is 7.56. The van der Waals surface area contributed by atoms with Crippen LogP contribution < -0.4 is 15.4 Å². The topological polar surface area (TPSA) is 94.5 Å². The van der Waals surface area contributed by atoms with Crippen LogP contribution >= 0.6 is 0 Å². The lowest BCUT2D eigenvalue weighted by atomic mass is 9.86. The van der Waals surface area contributed by atoms with Crippen molar-refractivity contribution in [1.29, 1.82) is 0 Å². The lowest BCUT2D eigenvalue weighted by Crippen LogP contribution is -2.44. The second kappa shape index (κ2) is 8.70. The first-order valence-corrected chi connectivity index (χ1v) is 12.2. The van der Waals surface area contributed by atoms with Gasteiger partial charge >= 0.3 is 6.01 Å². The van der Waals surface area contributed by atoms with E-state index in [2.05, 4.69) is 28.9 Å². The van der Waals surface area contributed by atoms with Gasteiger partial charge in [-0.3, -0.25) is 4.79 Å². The van der Waals surface area contributed by atoms with E-state index in [1.54, 1.807) is 12.1 Å². The molecular weight excluding hydrogens is 423 g/mol. The minimum Gasteiger partial charge on any atom is -0.493 e. The fraction of sp³-hybridized carbons (Fsp3) is 0.640. The monoisotopic (exact) mass is 456 g/mol. The molecule has 8 heteroatoms. The molecule has 5 rings (SSSR count). The van der Waals surface area contributed by atoms with E-state index in [9.17, 15) is 9.18 Å². The van der Waals surface area contributed by atoms with Crippen LogP contribution in [0.2, 0.25) is 0 Å². The number of hydrogen-bond acceptors (Lipinski definition) is 7. The molecule has 2 saturated carbocycles. The molecule has 1 aromatic heterocycles. The number of ketones is 1. The summed E-state index contributed by atoms with van der Waals surface area (Å²) in [6.07, 6.45) is 5.61. The Morgan fingerprint density at radius 2 is 2.06 bits per heavy atom. The van der Waals surface area contributed by atoms with Crippen molar-refractivity contribution in [2.24, 2.45) is 23.5 Å². The quantitative estimate of drug-likeness (QED) is 0.561. The summed E-state index contributed by atoms with van der Waals surface area (Å²) in [6, 6.07) is 5.19. The summed E-state index contributed by atoms with van der Waals surface area (Å²) in [5.74, 6) is 1.79. The Morgan fingerprint density at radius 1 is 1.30 bits per heavy atom. The molecule has 2 aliphatic carbocycles. The lowest BCUT2D eigenvalue weighted by molar-refractivity contribution is 0.0963. The van der Waals surface area contributed by atoms with Crippen molar-refractivity contribution >= 4 is 11.8 Å². The Morgan fingerprint density at radius 3 is 2.70 bits per heavy atom.